The lowest BCUT2D eigenvalue weighted by Crippen LogP contribution is -2.45. The van der Waals surface area contributed by atoms with Crippen LogP contribution in [0.2, 0.25) is 0 Å². The molecule has 2 rings (SSSR count). The van der Waals surface area contributed by atoms with E-state index in [2.05, 4.69) is 5.32 Å². The molecule has 0 aliphatic heterocycles. The van der Waals surface area contributed by atoms with Gasteiger partial charge < -0.3 is 10.4 Å². The summed E-state index contributed by atoms with van der Waals surface area (Å²) >= 11 is 0. The first kappa shape index (κ1) is 16.0. The molecule has 22 heavy (non-hydrogen) atoms. The highest BCUT2D eigenvalue weighted by molar-refractivity contribution is 5.85. The van der Waals surface area contributed by atoms with Crippen molar-refractivity contribution < 1.29 is 14.7 Å². The maximum Gasteiger partial charge on any atom is 0.326 e. The van der Waals surface area contributed by atoms with Crippen molar-refractivity contribution in [2.24, 2.45) is 5.92 Å². The molecule has 1 saturated carbocycles. The Labute approximate surface area is 129 Å². The number of nitrogens with zero attached hydrogens (tertiary/aromatic N) is 1. The van der Waals surface area contributed by atoms with Crippen molar-refractivity contribution in [2.75, 3.05) is 0 Å². The molecule has 1 fully saturated rings. The summed E-state index contributed by atoms with van der Waals surface area (Å²) < 4.78 is 0. The van der Waals surface area contributed by atoms with E-state index in [1.54, 1.807) is 24.3 Å². The fraction of sp³-hybridized carbons (Fsp3) is 0.471. The predicted octanol–water partition coefficient (Wildman–Crippen LogP) is 2.25. The van der Waals surface area contributed by atoms with Crippen LogP contribution in [0.1, 0.15) is 43.2 Å². The number of carbonyl (C=O) groups excluding carboxylic acids is 1. The molecule has 5 nitrogen and oxygen atoms in total. The van der Waals surface area contributed by atoms with Crippen LogP contribution in [0, 0.1) is 17.2 Å². The van der Waals surface area contributed by atoms with Crippen molar-refractivity contribution in [1.29, 1.82) is 5.26 Å². The normalized spacial score (nSPS) is 16.5. The fourth-order valence-corrected chi connectivity index (χ4v) is 2.86. The zero-order valence-electron chi connectivity index (χ0n) is 12.4. The second-order valence-corrected chi connectivity index (χ2v) is 5.75. The van der Waals surface area contributed by atoms with E-state index in [-0.39, 0.29) is 18.2 Å². The molecule has 0 unspecified atom stereocenters. The van der Waals surface area contributed by atoms with Crippen LogP contribution in [-0.4, -0.2) is 23.0 Å². The lowest BCUT2D eigenvalue weighted by molar-refractivity contribution is -0.142. The van der Waals surface area contributed by atoms with Crippen LogP contribution in [0.25, 0.3) is 0 Å². The molecule has 0 bridgehead atoms. The topological polar surface area (TPSA) is 90.2 Å². The third-order valence-electron chi connectivity index (χ3n) is 4.09. The molecule has 5 heteroatoms. The molecule has 1 aromatic carbocycles. The molecule has 0 aromatic heterocycles. The van der Waals surface area contributed by atoms with Gasteiger partial charge in [0.25, 0.3) is 0 Å². The summed E-state index contributed by atoms with van der Waals surface area (Å²) in [4.78, 5) is 23.6. The third kappa shape index (κ3) is 4.32. The van der Waals surface area contributed by atoms with Crippen molar-refractivity contribution >= 4 is 11.9 Å². The maximum absolute atomic E-state index is 12.2. The zero-order chi connectivity index (χ0) is 15.9. The first-order valence-electron chi connectivity index (χ1n) is 7.62. The standard InChI is InChI=1S/C17H20N2O3/c18-11-13-6-4-5-12(9-13)10-15(17(21)22)19-16(20)14-7-2-1-3-8-14/h4-6,9,14-15H,1-3,7-8,10H2,(H,19,20)(H,21,22)/t15-/m1/s1. The average Bonchev–Trinajstić information content (AvgIpc) is 2.55. The quantitative estimate of drug-likeness (QED) is 0.872. The van der Waals surface area contributed by atoms with E-state index >= 15 is 0 Å². The number of aliphatic carboxylic acids is 1. The van der Waals surface area contributed by atoms with Gasteiger partial charge in [-0.2, -0.15) is 5.26 Å². The summed E-state index contributed by atoms with van der Waals surface area (Å²) in [5, 5.41) is 20.9. The van der Waals surface area contributed by atoms with Gasteiger partial charge in [0, 0.05) is 12.3 Å². The van der Waals surface area contributed by atoms with E-state index in [9.17, 15) is 14.7 Å². The number of nitrogens with one attached hydrogen (secondary N) is 1. The number of carboxylic acids is 1. The molecule has 0 spiro atoms. The van der Waals surface area contributed by atoms with E-state index in [4.69, 9.17) is 5.26 Å². The molecule has 1 aromatic rings. The Hall–Kier alpha value is -2.35. The minimum absolute atomic E-state index is 0.0685. The Morgan fingerprint density at radius 1 is 1.32 bits per heavy atom. The molecule has 2 N–H and O–H groups in total. The van der Waals surface area contributed by atoms with Gasteiger partial charge in [0.1, 0.15) is 6.04 Å². The van der Waals surface area contributed by atoms with Crippen LogP contribution in [0.3, 0.4) is 0 Å². The van der Waals surface area contributed by atoms with Gasteiger partial charge in [0.15, 0.2) is 0 Å². The van der Waals surface area contributed by atoms with Crippen molar-refractivity contribution in [3.8, 4) is 6.07 Å². The highest BCUT2D eigenvalue weighted by Gasteiger charge is 2.26. The number of hydrogen-bond acceptors (Lipinski definition) is 3. The van der Waals surface area contributed by atoms with Crippen molar-refractivity contribution in [2.45, 2.75) is 44.6 Å². The molecule has 1 aliphatic rings. The predicted molar refractivity (Wildman–Crippen MR) is 81.0 cm³/mol. The molecule has 116 valence electrons. The lowest BCUT2D eigenvalue weighted by Gasteiger charge is -2.23. The Bertz CT molecular complexity index is 586. The number of carbonyl (C=O) groups is 2. The van der Waals surface area contributed by atoms with Gasteiger partial charge in [0.2, 0.25) is 5.91 Å². The molecule has 0 heterocycles. The minimum atomic E-state index is -1.05. The Kier molecular flexibility index (Phi) is 5.54. The summed E-state index contributed by atoms with van der Waals surface area (Å²) in [6.45, 7) is 0. The number of amides is 1. The Balaban J connectivity index is 2.01. The second-order valence-electron chi connectivity index (χ2n) is 5.75. The maximum atomic E-state index is 12.2. The summed E-state index contributed by atoms with van der Waals surface area (Å²) in [5.74, 6) is -1.28. The fourth-order valence-electron chi connectivity index (χ4n) is 2.86. The van der Waals surface area contributed by atoms with Crippen LogP contribution < -0.4 is 5.32 Å². The largest absolute Gasteiger partial charge is 0.480 e. The summed E-state index contributed by atoms with van der Waals surface area (Å²) in [5.41, 5.74) is 1.22. The summed E-state index contributed by atoms with van der Waals surface area (Å²) in [6, 6.07) is 7.88. The van der Waals surface area contributed by atoms with E-state index in [1.807, 2.05) is 6.07 Å². The van der Waals surface area contributed by atoms with Crippen LogP contribution in [-0.2, 0) is 16.0 Å². The van der Waals surface area contributed by atoms with E-state index in [0.29, 0.717) is 5.56 Å². The van der Waals surface area contributed by atoms with Crippen molar-refractivity contribution in [1.82, 2.24) is 5.32 Å². The molecule has 1 aliphatic carbocycles. The smallest absolute Gasteiger partial charge is 0.326 e. The number of nitriles is 1. The molecule has 0 saturated heterocycles. The minimum Gasteiger partial charge on any atom is -0.480 e. The summed E-state index contributed by atoms with van der Waals surface area (Å²) in [7, 11) is 0. The van der Waals surface area contributed by atoms with Gasteiger partial charge >= 0.3 is 5.97 Å². The van der Waals surface area contributed by atoms with Gasteiger partial charge in [-0.1, -0.05) is 31.4 Å². The average molecular weight is 300 g/mol. The van der Waals surface area contributed by atoms with Crippen LogP contribution in [0.15, 0.2) is 24.3 Å². The van der Waals surface area contributed by atoms with Gasteiger partial charge in [-0.05, 0) is 30.5 Å². The van der Waals surface area contributed by atoms with Crippen LogP contribution in [0.5, 0.6) is 0 Å². The highest BCUT2D eigenvalue weighted by atomic mass is 16.4. The molecular weight excluding hydrogens is 280 g/mol. The number of carboxylic acid groups (broad SMARTS) is 1. The second kappa shape index (κ2) is 7.60. The van der Waals surface area contributed by atoms with Crippen molar-refractivity contribution in [3.63, 3.8) is 0 Å². The molecular formula is C17H20N2O3. The van der Waals surface area contributed by atoms with Gasteiger partial charge in [0.05, 0.1) is 11.6 Å². The van der Waals surface area contributed by atoms with Crippen molar-refractivity contribution in [3.05, 3.63) is 35.4 Å². The van der Waals surface area contributed by atoms with Gasteiger partial charge in [-0.15, -0.1) is 0 Å². The van der Waals surface area contributed by atoms with E-state index < -0.39 is 12.0 Å². The van der Waals surface area contributed by atoms with Crippen LogP contribution in [0.4, 0.5) is 0 Å². The first-order chi connectivity index (χ1) is 10.6. The van der Waals surface area contributed by atoms with Gasteiger partial charge in [-0.3, -0.25) is 4.79 Å². The summed E-state index contributed by atoms with van der Waals surface area (Å²) in [6.07, 6.45) is 5.06. The zero-order valence-corrected chi connectivity index (χ0v) is 12.4. The number of benzene rings is 1. The van der Waals surface area contributed by atoms with E-state index in [0.717, 1.165) is 37.7 Å². The first-order valence-corrected chi connectivity index (χ1v) is 7.62. The molecule has 1 amide bonds. The SMILES string of the molecule is N#Cc1cccc(C[C@@H](NC(=O)C2CCCCC2)C(=O)O)c1. The number of rotatable bonds is 5. The third-order valence-corrected chi connectivity index (χ3v) is 4.09. The monoisotopic (exact) mass is 300 g/mol. The molecule has 0 radical (unpaired) electrons. The Morgan fingerprint density at radius 3 is 2.68 bits per heavy atom. The highest BCUT2D eigenvalue weighted by Crippen LogP contribution is 2.23. The Morgan fingerprint density at radius 2 is 2.05 bits per heavy atom. The van der Waals surface area contributed by atoms with Crippen LogP contribution >= 0.6 is 0 Å². The lowest BCUT2D eigenvalue weighted by atomic mass is 9.88. The number of hydrogen-bond donors (Lipinski definition) is 2. The molecule has 1 atom stereocenters. The van der Waals surface area contributed by atoms with E-state index in [1.165, 1.54) is 0 Å². The van der Waals surface area contributed by atoms with Gasteiger partial charge in [-0.25, -0.2) is 4.79 Å².